The van der Waals surface area contributed by atoms with Crippen molar-refractivity contribution in [2.45, 2.75) is 35.6 Å². The van der Waals surface area contributed by atoms with Gasteiger partial charge >= 0.3 is 5.91 Å². The summed E-state index contributed by atoms with van der Waals surface area (Å²) in [6.45, 7) is 5.91. The molecule has 0 unspecified atom stereocenters. The summed E-state index contributed by atoms with van der Waals surface area (Å²) in [6.07, 6.45) is 2.28. The summed E-state index contributed by atoms with van der Waals surface area (Å²) in [4.78, 5) is 28.5. The zero-order valence-corrected chi connectivity index (χ0v) is 24.7. The van der Waals surface area contributed by atoms with E-state index in [2.05, 4.69) is 16.8 Å². The van der Waals surface area contributed by atoms with Crippen LogP contribution in [-0.2, 0) is 21.8 Å². The first kappa shape index (κ1) is 28.6. The molecule has 2 aliphatic rings. The van der Waals surface area contributed by atoms with Crippen LogP contribution in [0, 0.1) is 5.82 Å². The van der Waals surface area contributed by atoms with Crippen molar-refractivity contribution in [3.8, 4) is 11.5 Å². The van der Waals surface area contributed by atoms with Crippen molar-refractivity contribution in [1.82, 2.24) is 10.2 Å². The minimum Gasteiger partial charge on any atom is -0.507 e. The van der Waals surface area contributed by atoms with Crippen molar-refractivity contribution in [2.24, 2.45) is 0 Å². The number of hydrogen-bond acceptors (Lipinski definition) is 9. The number of fused-ring (bicyclic) bond motifs is 1. The van der Waals surface area contributed by atoms with Gasteiger partial charge in [-0.05, 0) is 66.1 Å². The number of halogens is 1. The number of amides is 1. The maximum Gasteiger partial charge on any atom is 0.301 e. The Balaban J connectivity index is 1.39. The fourth-order valence-electron chi connectivity index (χ4n) is 5.08. The summed E-state index contributed by atoms with van der Waals surface area (Å²) in [5.41, 5.74) is 2.71. The molecular weight excluding hydrogens is 590 g/mol. The molecule has 1 saturated heterocycles. The molecule has 0 bridgehead atoms. The van der Waals surface area contributed by atoms with E-state index >= 15 is 0 Å². The number of rotatable bonds is 9. The van der Waals surface area contributed by atoms with Crippen molar-refractivity contribution >= 4 is 45.7 Å². The van der Waals surface area contributed by atoms with Crippen molar-refractivity contribution in [1.29, 1.82) is 0 Å². The Bertz CT molecular complexity index is 1750. The van der Waals surface area contributed by atoms with Gasteiger partial charge in [-0.15, -0.1) is 10.2 Å². The summed E-state index contributed by atoms with van der Waals surface area (Å²) < 4.78 is 25.4. The summed E-state index contributed by atoms with van der Waals surface area (Å²) in [6, 6.07) is 17.4. The lowest BCUT2D eigenvalue weighted by Crippen LogP contribution is -2.29. The highest BCUT2D eigenvalue weighted by Crippen LogP contribution is 2.45. The van der Waals surface area contributed by atoms with Crippen LogP contribution in [0.1, 0.15) is 35.2 Å². The molecular formula is C32H26FN3O5S2. The molecule has 3 aromatic carbocycles. The molecule has 1 aromatic heterocycles. The minimum atomic E-state index is -0.987. The van der Waals surface area contributed by atoms with Crippen LogP contribution in [0.2, 0.25) is 0 Å². The number of hydrogen-bond donors (Lipinski definition) is 1. The van der Waals surface area contributed by atoms with E-state index in [1.165, 1.54) is 28.8 Å². The Labute approximate surface area is 255 Å². The smallest absolute Gasteiger partial charge is 0.301 e. The van der Waals surface area contributed by atoms with Crippen LogP contribution in [0.25, 0.3) is 5.76 Å². The van der Waals surface area contributed by atoms with Crippen LogP contribution in [0.15, 0.2) is 89.3 Å². The molecule has 43 heavy (non-hydrogen) atoms. The third-order valence-corrected chi connectivity index (χ3v) is 9.16. The van der Waals surface area contributed by atoms with Crippen LogP contribution in [0.3, 0.4) is 0 Å². The molecule has 0 radical (unpaired) electrons. The predicted molar refractivity (Wildman–Crippen MR) is 163 cm³/mol. The van der Waals surface area contributed by atoms with E-state index in [0.29, 0.717) is 33.4 Å². The quantitative estimate of drug-likeness (QED) is 0.0570. The van der Waals surface area contributed by atoms with Gasteiger partial charge in [-0.3, -0.25) is 14.5 Å². The second kappa shape index (κ2) is 12.0. The Morgan fingerprint density at radius 3 is 2.79 bits per heavy atom. The van der Waals surface area contributed by atoms with Gasteiger partial charge in [0.25, 0.3) is 5.78 Å². The highest BCUT2D eigenvalue weighted by Gasteiger charge is 2.48. The number of ketones is 1. The number of carbonyl (C=O) groups excluding carboxylic acids is 2. The van der Waals surface area contributed by atoms with Crippen LogP contribution in [0.4, 0.5) is 9.52 Å². The molecule has 8 nitrogen and oxygen atoms in total. The maximum absolute atomic E-state index is 13.6. The summed E-state index contributed by atoms with van der Waals surface area (Å²) in [7, 11) is 0. The van der Waals surface area contributed by atoms with Gasteiger partial charge in [0.15, 0.2) is 4.34 Å². The van der Waals surface area contributed by atoms with E-state index in [1.54, 1.807) is 60.7 Å². The molecule has 2 aliphatic heterocycles. The van der Waals surface area contributed by atoms with E-state index in [1.807, 2.05) is 6.92 Å². The third-order valence-electron chi connectivity index (χ3n) is 7.03. The highest BCUT2D eigenvalue weighted by atomic mass is 32.2. The lowest BCUT2D eigenvalue weighted by Gasteiger charge is -2.23. The normalized spacial score (nSPS) is 18.9. The molecule has 4 aromatic rings. The fraction of sp³-hybridized carbons (Fsp3) is 0.188. The Morgan fingerprint density at radius 2 is 2.00 bits per heavy atom. The van der Waals surface area contributed by atoms with E-state index < -0.39 is 17.7 Å². The van der Waals surface area contributed by atoms with Crippen LogP contribution < -0.4 is 14.4 Å². The molecule has 1 N–H and O–H groups in total. The topological polar surface area (TPSA) is 102 Å². The maximum atomic E-state index is 13.6. The van der Waals surface area contributed by atoms with Gasteiger partial charge < -0.3 is 14.6 Å². The average molecular weight is 616 g/mol. The Hall–Kier alpha value is -4.48. The number of benzene rings is 3. The molecule has 11 heteroatoms. The van der Waals surface area contributed by atoms with Crippen molar-refractivity contribution in [3.63, 3.8) is 0 Å². The Kier molecular flexibility index (Phi) is 8.00. The SMILES string of the molecule is C=CCOc1cccc([C@@H]2C(=C(O)c3ccc4c(c3)C[C@@H](C)O4)C(=O)C(=O)N2c2nnc(SCc3ccc(F)cc3)s2)c1. The van der Waals surface area contributed by atoms with E-state index in [-0.39, 0.29) is 35.0 Å². The summed E-state index contributed by atoms with van der Waals surface area (Å²) in [5, 5.41) is 20.3. The van der Waals surface area contributed by atoms with Gasteiger partial charge in [0.05, 0.1) is 11.6 Å². The van der Waals surface area contributed by atoms with Gasteiger partial charge in [0, 0.05) is 17.7 Å². The zero-order chi connectivity index (χ0) is 30.1. The van der Waals surface area contributed by atoms with Gasteiger partial charge in [0.1, 0.15) is 35.8 Å². The number of nitrogens with zero attached hydrogens (tertiary/aromatic N) is 3. The van der Waals surface area contributed by atoms with E-state index in [0.717, 1.165) is 28.2 Å². The Morgan fingerprint density at radius 1 is 1.19 bits per heavy atom. The van der Waals surface area contributed by atoms with E-state index in [4.69, 9.17) is 9.47 Å². The van der Waals surface area contributed by atoms with Crippen LogP contribution in [-0.4, -0.2) is 39.7 Å². The predicted octanol–water partition coefficient (Wildman–Crippen LogP) is 6.48. The number of aromatic nitrogens is 2. The molecule has 6 rings (SSSR count). The number of carbonyl (C=O) groups is 2. The standard InChI is InChI=1S/C32H26FN3O5S2/c1-3-13-40-24-6-4-5-20(16-24)27-26(28(37)21-9-12-25-22(15-21)14-18(2)41-25)29(38)30(39)36(27)31-34-35-32(43-31)42-17-19-7-10-23(33)11-8-19/h3-12,15-16,18,27,37H,1,13-14,17H2,2H3/t18-,27-/m1/s1. The van der Waals surface area contributed by atoms with Crippen LogP contribution in [0.5, 0.6) is 11.5 Å². The van der Waals surface area contributed by atoms with Gasteiger partial charge in [-0.25, -0.2) is 4.39 Å². The van der Waals surface area contributed by atoms with Crippen molar-refractivity contribution < 1.29 is 28.6 Å². The lowest BCUT2D eigenvalue weighted by atomic mass is 9.94. The first-order chi connectivity index (χ1) is 20.8. The molecule has 0 aliphatic carbocycles. The largest absolute Gasteiger partial charge is 0.507 e. The number of aliphatic hydroxyl groups is 1. The molecule has 3 heterocycles. The number of thioether (sulfide) groups is 1. The fourth-order valence-corrected chi connectivity index (χ4v) is 6.91. The van der Waals surface area contributed by atoms with Gasteiger partial charge in [-0.2, -0.15) is 0 Å². The van der Waals surface area contributed by atoms with Crippen LogP contribution >= 0.6 is 23.1 Å². The lowest BCUT2D eigenvalue weighted by molar-refractivity contribution is -0.132. The number of Topliss-reactive ketones (excluding diaryl/α,β-unsaturated/α-hetero) is 1. The molecule has 0 saturated carbocycles. The first-order valence-electron chi connectivity index (χ1n) is 13.5. The number of aliphatic hydroxyl groups excluding tert-OH is 1. The molecule has 2 atom stereocenters. The highest BCUT2D eigenvalue weighted by molar-refractivity contribution is 8.00. The van der Waals surface area contributed by atoms with Crippen molar-refractivity contribution in [3.05, 3.63) is 113 Å². The summed E-state index contributed by atoms with van der Waals surface area (Å²) >= 11 is 2.54. The molecule has 218 valence electrons. The van der Waals surface area contributed by atoms with Gasteiger partial charge in [0.2, 0.25) is 5.13 Å². The summed E-state index contributed by atoms with van der Waals surface area (Å²) in [5.74, 6) is -0.508. The second-order valence-corrected chi connectivity index (χ2v) is 12.2. The van der Waals surface area contributed by atoms with Crippen molar-refractivity contribution in [2.75, 3.05) is 11.5 Å². The van der Waals surface area contributed by atoms with E-state index in [9.17, 15) is 19.1 Å². The second-order valence-electron chi connectivity index (χ2n) is 10.1. The molecule has 1 amide bonds. The monoisotopic (exact) mass is 615 g/mol. The zero-order valence-electron chi connectivity index (χ0n) is 23.0. The number of anilines is 1. The third kappa shape index (κ3) is 5.78. The molecule has 1 fully saturated rings. The average Bonchev–Trinajstić information content (AvgIpc) is 3.70. The minimum absolute atomic E-state index is 0.00353. The van der Waals surface area contributed by atoms with Gasteiger partial charge in [-0.1, -0.05) is 60.0 Å². The first-order valence-corrected chi connectivity index (χ1v) is 15.3. The molecule has 0 spiro atoms. The number of ether oxygens (including phenoxy) is 2.